The lowest BCUT2D eigenvalue weighted by molar-refractivity contribution is -0.0866. The van der Waals surface area contributed by atoms with E-state index in [-0.39, 0.29) is 41.8 Å². The first-order chi connectivity index (χ1) is 14.4. The molecule has 0 saturated carbocycles. The molecule has 30 heavy (non-hydrogen) atoms. The Morgan fingerprint density at radius 1 is 1.17 bits per heavy atom. The zero-order chi connectivity index (χ0) is 21.3. The first-order valence-corrected chi connectivity index (χ1v) is 9.68. The molecule has 2 atom stereocenters. The molecule has 2 aromatic heterocycles. The van der Waals surface area contributed by atoms with Gasteiger partial charge >= 0.3 is 0 Å². The van der Waals surface area contributed by atoms with Crippen LogP contribution in [0.1, 0.15) is 45.1 Å². The van der Waals surface area contributed by atoms with E-state index in [1.165, 1.54) is 18.5 Å². The summed E-state index contributed by atoms with van der Waals surface area (Å²) in [5.74, 6) is -0.564. The SMILES string of the molecule is Cc1cnc(C(=O)N2CCO[C@H]3CN(C(=O)c4ccnc(C(F)F)c4)CC[C@H]32)cn1. The predicted octanol–water partition coefficient (Wildman–Crippen LogP) is 1.87. The number of hydrogen-bond acceptors (Lipinski definition) is 6. The number of morpholine rings is 1. The number of hydrogen-bond donors (Lipinski definition) is 0. The average Bonchev–Trinajstić information content (AvgIpc) is 2.78. The van der Waals surface area contributed by atoms with Gasteiger partial charge in [0.05, 0.1) is 30.6 Å². The van der Waals surface area contributed by atoms with Crippen LogP contribution in [0.5, 0.6) is 0 Å². The highest BCUT2D eigenvalue weighted by molar-refractivity contribution is 5.94. The van der Waals surface area contributed by atoms with Crippen molar-refractivity contribution in [2.75, 3.05) is 26.2 Å². The fraction of sp³-hybridized carbons (Fsp3) is 0.450. The lowest BCUT2D eigenvalue weighted by Gasteiger charge is -2.46. The molecule has 0 radical (unpaired) electrons. The minimum atomic E-state index is -2.74. The van der Waals surface area contributed by atoms with Gasteiger partial charge in [-0.3, -0.25) is 19.6 Å². The van der Waals surface area contributed by atoms with E-state index in [0.29, 0.717) is 26.1 Å². The number of carbonyl (C=O) groups is 2. The molecule has 158 valence electrons. The van der Waals surface area contributed by atoms with E-state index in [1.54, 1.807) is 22.9 Å². The van der Waals surface area contributed by atoms with Crippen molar-refractivity contribution in [3.63, 3.8) is 0 Å². The lowest BCUT2D eigenvalue weighted by Crippen LogP contribution is -2.61. The van der Waals surface area contributed by atoms with Crippen molar-refractivity contribution in [2.45, 2.75) is 31.9 Å². The monoisotopic (exact) mass is 417 g/mol. The van der Waals surface area contributed by atoms with Crippen LogP contribution in [-0.2, 0) is 4.74 Å². The molecule has 2 amide bonds. The Morgan fingerprint density at radius 3 is 2.73 bits per heavy atom. The number of alkyl halides is 2. The molecule has 10 heteroatoms. The van der Waals surface area contributed by atoms with Crippen LogP contribution in [-0.4, -0.2) is 75.0 Å². The molecule has 4 heterocycles. The van der Waals surface area contributed by atoms with E-state index in [4.69, 9.17) is 4.74 Å². The summed E-state index contributed by atoms with van der Waals surface area (Å²) in [6, 6.07) is 2.35. The third kappa shape index (κ3) is 4.00. The molecule has 0 aliphatic carbocycles. The van der Waals surface area contributed by atoms with Crippen molar-refractivity contribution < 1.29 is 23.1 Å². The summed E-state index contributed by atoms with van der Waals surface area (Å²) in [5, 5.41) is 0. The van der Waals surface area contributed by atoms with E-state index >= 15 is 0 Å². The zero-order valence-corrected chi connectivity index (χ0v) is 16.4. The lowest BCUT2D eigenvalue weighted by atomic mass is 9.97. The summed E-state index contributed by atoms with van der Waals surface area (Å²) in [6.07, 6.45) is 1.65. The smallest absolute Gasteiger partial charge is 0.280 e. The molecule has 0 spiro atoms. The Morgan fingerprint density at radius 2 is 2.00 bits per heavy atom. The summed E-state index contributed by atoms with van der Waals surface area (Å²) >= 11 is 0. The minimum Gasteiger partial charge on any atom is -0.372 e. The molecule has 2 fully saturated rings. The van der Waals surface area contributed by atoms with E-state index in [0.717, 1.165) is 11.8 Å². The summed E-state index contributed by atoms with van der Waals surface area (Å²) in [5.41, 5.74) is 0.735. The fourth-order valence-corrected chi connectivity index (χ4v) is 3.86. The molecule has 4 rings (SSSR count). The second-order valence-electron chi connectivity index (χ2n) is 7.33. The quantitative estimate of drug-likeness (QED) is 0.758. The van der Waals surface area contributed by atoms with Crippen molar-refractivity contribution in [2.24, 2.45) is 0 Å². The van der Waals surface area contributed by atoms with Gasteiger partial charge in [-0.15, -0.1) is 0 Å². The second-order valence-corrected chi connectivity index (χ2v) is 7.33. The number of carbonyl (C=O) groups excluding carboxylic acids is 2. The number of aromatic nitrogens is 3. The number of likely N-dealkylation sites (tertiary alicyclic amines) is 1. The van der Waals surface area contributed by atoms with E-state index in [2.05, 4.69) is 15.0 Å². The van der Waals surface area contributed by atoms with Crippen molar-refractivity contribution in [3.05, 3.63) is 53.4 Å². The molecule has 0 aromatic carbocycles. The Labute approximate surface area is 171 Å². The Balaban J connectivity index is 1.47. The topological polar surface area (TPSA) is 88.5 Å². The average molecular weight is 417 g/mol. The maximum absolute atomic E-state index is 12.9. The number of ether oxygens (including phenoxy) is 1. The largest absolute Gasteiger partial charge is 0.372 e. The van der Waals surface area contributed by atoms with E-state index in [9.17, 15) is 18.4 Å². The summed E-state index contributed by atoms with van der Waals surface area (Å²) in [7, 11) is 0. The highest BCUT2D eigenvalue weighted by Crippen LogP contribution is 2.26. The molecule has 0 unspecified atom stereocenters. The van der Waals surface area contributed by atoms with Gasteiger partial charge in [0.25, 0.3) is 18.2 Å². The van der Waals surface area contributed by atoms with Crippen molar-refractivity contribution in [1.29, 1.82) is 0 Å². The van der Waals surface area contributed by atoms with Crippen LogP contribution >= 0.6 is 0 Å². The van der Waals surface area contributed by atoms with Crippen LogP contribution in [0, 0.1) is 6.92 Å². The third-order valence-electron chi connectivity index (χ3n) is 5.39. The molecule has 8 nitrogen and oxygen atoms in total. The highest BCUT2D eigenvalue weighted by atomic mass is 19.3. The minimum absolute atomic E-state index is 0.164. The summed E-state index contributed by atoms with van der Waals surface area (Å²) in [6.45, 7) is 3.24. The van der Waals surface area contributed by atoms with Crippen molar-refractivity contribution >= 4 is 11.8 Å². The maximum Gasteiger partial charge on any atom is 0.280 e. The van der Waals surface area contributed by atoms with Gasteiger partial charge in [-0.2, -0.15) is 0 Å². The first kappa shape index (κ1) is 20.3. The number of rotatable bonds is 3. The molecule has 2 aromatic rings. The van der Waals surface area contributed by atoms with Crippen LogP contribution in [0.25, 0.3) is 0 Å². The van der Waals surface area contributed by atoms with Gasteiger partial charge in [0.2, 0.25) is 0 Å². The molecule has 2 saturated heterocycles. The van der Waals surface area contributed by atoms with Crippen LogP contribution in [0.4, 0.5) is 8.78 Å². The van der Waals surface area contributed by atoms with Gasteiger partial charge in [-0.05, 0) is 25.5 Å². The van der Waals surface area contributed by atoms with Crippen molar-refractivity contribution in [3.8, 4) is 0 Å². The first-order valence-electron chi connectivity index (χ1n) is 9.68. The Bertz CT molecular complexity index is 940. The van der Waals surface area contributed by atoms with Gasteiger partial charge in [-0.25, -0.2) is 13.8 Å². The second kappa shape index (κ2) is 8.39. The van der Waals surface area contributed by atoms with Crippen LogP contribution in [0.15, 0.2) is 30.7 Å². The molecular formula is C20H21F2N5O3. The van der Waals surface area contributed by atoms with Gasteiger partial charge in [0, 0.05) is 37.6 Å². The Kier molecular flexibility index (Phi) is 5.67. The van der Waals surface area contributed by atoms with Crippen LogP contribution in [0.2, 0.25) is 0 Å². The normalized spacial score (nSPS) is 21.5. The number of halogens is 2. The van der Waals surface area contributed by atoms with Crippen molar-refractivity contribution in [1.82, 2.24) is 24.8 Å². The number of aryl methyl sites for hydroxylation is 1. The summed E-state index contributed by atoms with van der Waals surface area (Å²) in [4.78, 5) is 40.9. The molecule has 0 N–H and O–H groups in total. The standard InChI is InChI=1S/C20H21F2N5O3/c1-12-9-25-15(10-24-12)20(29)27-6-7-30-17-11-26(5-3-16(17)27)19(28)13-2-4-23-14(8-13)18(21)22/h2,4,8-10,16-18H,3,5-7,11H2,1H3/t16-,17+/m1/s1. The predicted molar refractivity (Wildman–Crippen MR) is 101 cm³/mol. The Hall–Kier alpha value is -3.01. The zero-order valence-electron chi connectivity index (χ0n) is 16.4. The molecular weight excluding hydrogens is 396 g/mol. The molecule has 0 bridgehead atoms. The number of fused-ring (bicyclic) bond motifs is 1. The number of pyridine rings is 1. The van der Waals surface area contributed by atoms with Gasteiger partial charge in [0.15, 0.2) is 0 Å². The van der Waals surface area contributed by atoms with Gasteiger partial charge in [-0.1, -0.05) is 0 Å². The fourth-order valence-electron chi connectivity index (χ4n) is 3.86. The van der Waals surface area contributed by atoms with E-state index < -0.39 is 12.1 Å². The maximum atomic E-state index is 12.9. The number of piperidine rings is 1. The van der Waals surface area contributed by atoms with Gasteiger partial charge in [0.1, 0.15) is 11.4 Å². The summed E-state index contributed by atoms with van der Waals surface area (Å²) < 4.78 is 31.6. The van der Waals surface area contributed by atoms with Crippen LogP contribution < -0.4 is 0 Å². The highest BCUT2D eigenvalue weighted by Gasteiger charge is 2.41. The molecule has 2 aliphatic rings. The van der Waals surface area contributed by atoms with Crippen LogP contribution in [0.3, 0.4) is 0 Å². The molecule has 2 aliphatic heterocycles. The number of amides is 2. The van der Waals surface area contributed by atoms with E-state index in [1.807, 2.05) is 0 Å². The van der Waals surface area contributed by atoms with Gasteiger partial charge < -0.3 is 14.5 Å². The number of nitrogens with zero attached hydrogens (tertiary/aromatic N) is 5. The third-order valence-corrected chi connectivity index (χ3v) is 5.39.